The van der Waals surface area contributed by atoms with Crippen LogP contribution in [0.3, 0.4) is 0 Å². The predicted molar refractivity (Wildman–Crippen MR) is 92.3 cm³/mol. The van der Waals surface area contributed by atoms with Crippen molar-refractivity contribution in [3.8, 4) is 5.75 Å². The number of carbonyl (C=O) groups is 3. The van der Waals surface area contributed by atoms with Crippen molar-refractivity contribution in [1.82, 2.24) is 10.2 Å². The summed E-state index contributed by atoms with van der Waals surface area (Å²) in [7, 11) is 0. The van der Waals surface area contributed by atoms with E-state index in [1.807, 2.05) is 6.92 Å². The lowest BCUT2D eigenvalue weighted by Gasteiger charge is -2.36. The number of ether oxygens (including phenoxy) is 1. The first-order valence-electron chi connectivity index (χ1n) is 8.80. The van der Waals surface area contributed by atoms with E-state index in [1.165, 1.54) is 24.3 Å². The first kappa shape index (κ1) is 19.1. The normalized spacial score (nSPS) is 25.0. The minimum absolute atomic E-state index is 0.0122. The Morgan fingerprint density at radius 3 is 2.67 bits per heavy atom. The highest BCUT2D eigenvalue weighted by Gasteiger charge is 2.55. The van der Waals surface area contributed by atoms with E-state index in [4.69, 9.17) is 0 Å². The van der Waals surface area contributed by atoms with Gasteiger partial charge in [-0.3, -0.25) is 14.5 Å². The minimum Gasteiger partial charge on any atom is -0.435 e. The molecule has 1 saturated heterocycles. The molecule has 0 unspecified atom stereocenters. The second kappa shape index (κ2) is 7.50. The van der Waals surface area contributed by atoms with Crippen LogP contribution in [0.2, 0.25) is 0 Å². The summed E-state index contributed by atoms with van der Waals surface area (Å²) in [5.74, 6) is -0.944. The zero-order valence-electron chi connectivity index (χ0n) is 14.8. The number of hydrogen-bond donors (Lipinski definition) is 2. The van der Waals surface area contributed by atoms with Crippen molar-refractivity contribution in [2.75, 3.05) is 11.9 Å². The number of urea groups is 1. The molecule has 1 aromatic carbocycles. The number of rotatable bonds is 5. The molecule has 2 atom stereocenters. The average Bonchev–Trinajstić information content (AvgIpc) is 2.84. The molecule has 0 bridgehead atoms. The molecule has 0 aromatic heterocycles. The quantitative estimate of drug-likeness (QED) is 0.768. The molecule has 3 rings (SSSR count). The lowest BCUT2D eigenvalue weighted by molar-refractivity contribution is -0.136. The standard InChI is InChI=1S/C18H21F2N3O4/c1-11-4-2-3-9-18(11)15(25)23(17(26)22-18)10-14(24)21-12-5-7-13(8-6-12)27-16(19)20/h5-8,11,16H,2-4,9-10H2,1H3,(H,21,24)(H,22,26)/t11-,18-/m0/s1. The van der Waals surface area contributed by atoms with E-state index < -0.39 is 30.6 Å². The molecule has 1 aliphatic heterocycles. The molecular weight excluding hydrogens is 360 g/mol. The molecular formula is C18H21F2N3O4. The number of benzene rings is 1. The van der Waals surface area contributed by atoms with Gasteiger partial charge in [0.15, 0.2) is 0 Å². The first-order chi connectivity index (χ1) is 12.8. The Labute approximate surface area is 155 Å². The van der Waals surface area contributed by atoms with Crippen molar-refractivity contribution >= 4 is 23.5 Å². The largest absolute Gasteiger partial charge is 0.435 e. The van der Waals surface area contributed by atoms with Gasteiger partial charge < -0.3 is 15.4 Å². The van der Waals surface area contributed by atoms with Crippen LogP contribution >= 0.6 is 0 Å². The maximum atomic E-state index is 12.8. The number of halogens is 2. The smallest absolute Gasteiger partial charge is 0.387 e. The van der Waals surface area contributed by atoms with E-state index in [0.717, 1.165) is 24.2 Å². The number of imide groups is 1. The van der Waals surface area contributed by atoms with Gasteiger partial charge in [-0.1, -0.05) is 19.8 Å². The number of anilines is 1. The molecule has 1 saturated carbocycles. The Morgan fingerprint density at radius 1 is 1.33 bits per heavy atom. The molecule has 146 valence electrons. The minimum atomic E-state index is -2.93. The molecule has 0 radical (unpaired) electrons. The molecule has 1 spiro atoms. The highest BCUT2D eigenvalue weighted by molar-refractivity contribution is 6.10. The van der Waals surface area contributed by atoms with Crippen LogP contribution in [-0.4, -0.2) is 41.4 Å². The lowest BCUT2D eigenvalue weighted by atomic mass is 9.73. The Balaban J connectivity index is 1.62. The molecule has 1 aromatic rings. The number of hydrogen-bond acceptors (Lipinski definition) is 4. The number of amides is 4. The van der Waals surface area contributed by atoms with E-state index in [0.29, 0.717) is 12.1 Å². The number of alkyl halides is 2. The van der Waals surface area contributed by atoms with Gasteiger partial charge >= 0.3 is 12.6 Å². The van der Waals surface area contributed by atoms with Crippen LogP contribution < -0.4 is 15.4 Å². The zero-order valence-corrected chi connectivity index (χ0v) is 14.8. The van der Waals surface area contributed by atoms with Gasteiger partial charge in [-0.05, 0) is 43.0 Å². The summed E-state index contributed by atoms with van der Waals surface area (Å²) in [5, 5.41) is 5.32. The molecule has 2 N–H and O–H groups in total. The highest BCUT2D eigenvalue weighted by Crippen LogP contribution is 2.38. The van der Waals surface area contributed by atoms with Gasteiger partial charge in [-0.2, -0.15) is 8.78 Å². The Kier molecular flexibility index (Phi) is 5.29. The van der Waals surface area contributed by atoms with Gasteiger partial charge in [0.2, 0.25) is 5.91 Å². The topological polar surface area (TPSA) is 87.7 Å². The van der Waals surface area contributed by atoms with Crippen molar-refractivity contribution in [3.05, 3.63) is 24.3 Å². The first-order valence-corrected chi connectivity index (χ1v) is 8.80. The zero-order chi connectivity index (χ0) is 19.6. The fourth-order valence-electron chi connectivity index (χ4n) is 3.70. The van der Waals surface area contributed by atoms with Crippen LogP contribution in [0, 0.1) is 5.92 Å². The van der Waals surface area contributed by atoms with Gasteiger partial charge in [-0.15, -0.1) is 0 Å². The Hall–Kier alpha value is -2.71. The molecule has 4 amide bonds. The van der Waals surface area contributed by atoms with Gasteiger partial charge in [0.25, 0.3) is 5.91 Å². The van der Waals surface area contributed by atoms with Crippen LogP contribution in [0.25, 0.3) is 0 Å². The average molecular weight is 381 g/mol. The second-order valence-electron chi connectivity index (χ2n) is 6.89. The summed E-state index contributed by atoms with van der Waals surface area (Å²) in [6.45, 7) is -1.40. The van der Waals surface area contributed by atoms with E-state index in [9.17, 15) is 23.2 Å². The summed E-state index contributed by atoms with van der Waals surface area (Å²) in [6, 6.07) is 4.80. The van der Waals surface area contributed by atoms with Crippen LogP contribution in [0.5, 0.6) is 5.75 Å². The third-order valence-corrected chi connectivity index (χ3v) is 5.17. The van der Waals surface area contributed by atoms with E-state index in [-0.39, 0.29) is 17.6 Å². The summed E-state index contributed by atoms with van der Waals surface area (Å²) >= 11 is 0. The summed E-state index contributed by atoms with van der Waals surface area (Å²) in [4.78, 5) is 38.3. The van der Waals surface area contributed by atoms with Gasteiger partial charge in [0.1, 0.15) is 17.8 Å². The summed E-state index contributed by atoms with van der Waals surface area (Å²) in [6.07, 6.45) is 3.28. The van der Waals surface area contributed by atoms with Gasteiger partial charge in [0.05, 0.1) is 0 Å². The molecule has 1 heterocycles. The van der Waals surface area contributed by atoms with Crippen molar-refractivity contribution < 1.29 is 27.9 Å². The van der Waals surface area contributed by atoms with Crippen LogP contribution in [-0.2, 0) is 9.59 Å². The maximum absolute atomic E-state index is 12.8. The van der Waals surface area contributed by atoms with Crippen molar-refractivity contribution in [2.24, 2.45) is 5.92 Å². The fraction of sp³-hybridized carbons (Fsp3) is 0.500. The monoisotopic (exact) mass is 381 g/mol. The highest BCUT2D eigenvalue weighted by atomic mass is 19.3. The third-order valence-electron chi connectivity index (χ3n) is 5.17. The molecule has 2 fully saturated rings. The second-order valence-corrected chi connectivity index (χ2v) is 6.89. The summed E-state index contributed by atoms with van der Waals surface area (Å²) < 4.78 is 28.5. The fourth-order valence-corrected chi connectivity index (χ4v) is 3.70. The van der Waals surface area contributed by atoms with Gasteiger partial charge in [0, 0.05) is 5.69 Å². The Morgan fingerprint density at radius 2 is 2.04 bits per heavy atom. The van der Waals surface area contributed by atoms with Gasteiger partial charge in [-0.25, -0.2) is 4.79 Å². The Bertz CT molecular complexity index is 741. The number of carbonyl (C=O) groups excluding carboxylic acids is 3. The van der Waals surface area contributed by atoms with Crippen molar-refractivity contribution in [1.29, 1.82) is 0 Å². The molecule has 1 aliphatic carbocycles. The molecule has 27 heavy (non-hydrogen) atoms. The van der Waals surface area contributed by atoms with Crippen LogP contribution in [0.15, 0.2) is 24.3 Å². The van der Waals surface area contributed by atoms with Crippen molar-refractivity contribution in [2.45, 2.75) is 44.8 Å². The predicted octanol–water partition coefficient (Wildman–Crippen LogP) is 2.73. The van der Waals surface area contributed by atoms with Crippen LogP contribution in [0.4, 0.5) is 19.3 Å². The van der Waals surface area contributed by atoms with E-state index in [1.54, 1.807) is 0 Å². The SMILES string of the molecule is C[C@H]1CCCC[C@]12NC(=O)N(CC(=O)Nc1ccc(OC(F)F)cc1)C2=O. The number of nitrogens with zero attached hydrogens (tertiary/aromatic N) is 1. The molecule has 9 heteroatoms. The van der Waals surface area contributed by atoms with E-state index in [2.05, 4.69) is 15.4 Å². The molecule has 7 nitrogen and oxygen atoms in total. The summed E-state index contributed by atoms with van der Waals surface area (Å²) in [5.41, 5.74) is -0.571. The van der Waals surface area contributed by atoms with Crippen LogP contribution in [0.1, 0.15) is 32.6 Å². The third kappa shape index (κ3) is 3.86. The molecule has 2 aliphatic rings. The lowest BCUT2D eigenvalue weighted by Crippen LogP contribution is -2.54. The van der Waals surface area contributed by atoms with E-state index >= 15 is 0 Å². The number of nitrogens with one attached hydrogen (secondary N) is 2. The van der Waals surface area contributed by atoms with Crippen molar-refractivity contribution in [3.63, 3.8) is 0 Å². The maximum Gasteiger partial charge on any atom is 0.387 e.